The summed E-state index contributed by atoms with van der Waals surface area (Å²) >= 11 is 0. The predicted octanol–water partition coefficient (Wildman–Crippen LogP) is 5.29. The number of hydrogen-bond donors (Lipinski definition) is 2. The molecule has 6 nitrogen and oxygen atoms in total. The first-order chi connectivity index (χ1) is 14.1. The van der Waals surface area contributed by atoms with Crippen LogP contribution in [0, 0.1) is 10.1 Å². The van der Waals surface area contributed by atoms with Gasteiger partial charge in [-0.25, -0.2) is 0 Å². The summed E-state index contributed by atoms with van der Waals surface area (Å²) in [6.45, 7) is 2.82. The molecule has 0 aliphatic rings. The molecule has 1 amide bonds. The number of amides is 1. The monoisotopic (exact) mass is 393 g/mol. The SMILES string of the molecule is CCCCCCNC(=O)C[C@H](c1cccc([N+](=O)[O-])c1)c1c[nH]c2ccccc12. The number of H-pyrrole nitrogens is 1. The Morgan fingerprint density at radius 3 is 2.76 bits per heavy atom. The van der Waals surface area contributed by atoms with E-state index >= 15 is 0 Å². The lowest BCUT2D eigenvalue weighted by Crippen LogP contribution is -2.26. The topological polar surface area (TPSA) is 88.0 Å². The molecule has 0 saturated heterocycles. The highest BCUT2D eigenvalue weighted by atomic mass is 16.6. The number of nitrogens with zero attached hydrogens (tertiary/aromatic N) is 1. The minimum Gasteiger partial charge on any atom is -0.361 e. The molecule has 0 fully saturated rings. The Labute approximate surface area is 170 Å². The molecule has 0 aliphatic carbocycles. The zero-order chi connectivity index (χ0) is 20.6. The molecule has 6 heteroatoms. The normalized spacial score (nSPS) is 12.0. The number of para-hydroxylation sites is 1. The van der Waals surface area contributed by atoms with E-state index in [1.807, 2.05) is 36.5 Å². The van der Waals surface area contributed by atoms with E-state index in [2.05, 4.69) is 17.2 Å². The lowest BCUT2D eigenvalue weighted by molar-refractivity contribution is -0.384. The Morgan fingerprint density at radius 2 is 1.97 bits per heavy atom. The second-order valence-corrected chi connectivity index (χ2v) is 7.31. The average molecular weight is 393 g/mol. The van der Waals surface area contributed by atoms with Gasteiger partial charge in [-0.15, -0.1) is 0 Å². The third kappa shape index (κ3) is 5.22. The van der Waals surface area contributed by atoms with Crippen molar-refractivity contribution in [2.75, 3.05) is 6.54 Å². The fourth-order valence-corrected chi connectivity index (χ4v) is 3.68. The van der Waals surface area contributed by atoms with Crippen molar-refractivity contribution in [2.24, 2.45) is 0 Å². The number of non-ortho nitro benzene ring substituents is 1. The summed E-state index contributed by atoms with van der Waals surface area (Å²) in [6.07, 6.45) is 6.55. The van der Waals surface area contributed by atoms with E-state index in [0.29, 0.717) is 6.54 Å². The Balaban J connectivity index is 1.85. The van der Waals surface area contributed by atoms with Gasteiger partial charge in [-0.05, 0) is 23.6 Å². The molecule has 0 unspecified atom stereocenters. The number of hydrogen-bond acceptors (Lipinski definition) is 3. The quantitative estimate of drug-likeness (QED) is 0.278. The molecule has 3 aromatic rings. The molecule has 1 aromatic heterocycles. The Bertz CT molecular complexity index is 980. The van der Waals surface area contributed by atoms with E-state index in [4.69, 9.17) is 0 Å². The van der Waals surface area contributed by atoms with Crippen LogP contribution in [0.5, 0.6) is 0 Å². The maximum Gasteiger partial charge on any atom is 0.269 e. The first kappa shape index (κ1) is 20.6. The number of carbonyl (C=O) groups excluding carboxylic acids is 1. The van der Waals surface area contributed by atoms with E-state index in [1.54, 1.807) is 12.1 Å². The van der Waals surface area contributed by atoms with Gasteiger partial charge in [0.25, 0.3) is 5.69 Å². The highest BCUT2D eigenvalue weighted by Crippen LogP contribution is 2.34. The summed E-state index contributed by atoms with van der Waals surface area (Å²) in [5.74, 6) is -0.301. The second kappa shape index (κ2) is 9.87. The van der Waals surface area contributed by atoms with Gasteiger partial charge in [0.2, 0.25) is 5.91 Å². The third-order valence-corrected chi connectivity index (χ3v) is 5.22. The molecule has 152 valence electrons. The standard InChI is InChI=1S/C23H27N3O3/c1-2-3-4-7-13-24-23(27)15-20(17-9-8-10-18(14-17)26(28)29)21-16-25-22-12-6-5-11-19(21)22/h5-6,8-12,14,16,20,25H,2-4,7,13,15H2,1H3,(H,24,27)/t20-/m1/s1. The molecule has 0 saturated carbocycles. The minimum atomic E-state index is -0.399. The maximum atomic E-state index is 12.7. The smallest absolute Gasteiger partial charge is 0.269 e. The second-order valence-electron chi connectivity index (χ2n) is 7.31. The van der Waals surface area contributed by atoms with E-state index in [9.17, 15) is 14.9 Å². The van der Waals surface area contributed by atoms with Crippen molar-refractivity contribution in [1.82, 2.24) is 10.3 Å². The number of unbranched alkanes of at least 4 members (excludes halogenated alkanes) is 3. The van der Waals surface area contributed by atoms with Crippen molar-refractivity contribution in [1.29, 1.82) is 0 Å². The van der Waals surface area contributed by atoms with Gasteiger partial charge in [-0.3, -0.25) is 14.9 Å². The molecular formula is C23H27N3O3. The lowest BCUT2D eigenvalue weighted by atomic mass is 9.87. The Kier molecular flexibility index (Phi) is 7.00. The van der Waals surface area contributed by atoms with Gasteiger partial charge in [0.05, 0.1) is 4.92 Å². The van der Waals surface area contributed by atoms with Crippen LogP contribution >= 0.6 is 0 Å². The van der Waals surface area contributed by atoms with Crippen molar-refractivity contribution in [3.05, 3.63) is 76.0 Å². The Morgan fingerprint density at radius 1 is 1.14 bits per heavy atom. The number of nitro groups is 1. The fourth-order valence-electron chi connectivity index (χ4n) is 3.68. The summed E-state index contributed by atoms with van der Waals surface area (Å²) in [5, 5.41) is 15.3. The van der Waals surface area contributed by atoms with Gasteiger partial charge in [0.15, 0.2) is 0 Å². The van der Waals surface area contributed by atoms with Crippen LogP contribution in [0.2, 0.25) is 0 Å². The van der Waals surface area contributed by atoms with Crippen molar-refractivity contribution in [2.45, 2.75) is 44.9 Å². The highest BCUT2D eigenvalue weighted by Gasteiger charge is 2.23. The first-order valence-corrected chi connectivity index (χ1v) is 10.2. The van der Waals surface area contributed by atoms with Crippen molar-refractivity contribution < 1.29 is 9.72 Å². The molecular weight excluding hydrogens is 366 g/mol. The molecule has 0 radical (unpaired) electrons. The summed E-state index contributed by atoms with van der Waals surface area (Å²) < 4.78 is 0. The van der Waals surface area contributed by atoms with Gasteiger partial charge < -0.3 is 10.3 Å². The number of nitro benzene ring substituents is 1. The van der Waals surface area contributed by atoms with Crippen LogP contribution in [0.25, 0.3) is 10.9 Å². The van der Waals surface area contributed by atoms with Crippen LogP contribution in [0.3, 0.4) is 0 Å². The average Bonchev–Trinajstić information content (AvgIpc) is 3.16. The van der Waals surface area contributed by atoms with Gasteiger partial charge in [0, 0.05) is 48.1 Å². The van der Waals surface area contributed by atoms with Crippen LogP contribution in [0.1, 0.15) is 56.1 Å². The summed E-state index contributed by atoms with van der Waals surface area (Å²) in [7, 11) is 0. The number of carbonyl (C=O) groups is 1. The van der Waals surface area contributed by atoms with Gasteiger partial charge >= 0.3 is 0 Å². The van der Waals surface area contributed by atoms with Crippen molar-refractivity contribution >= 4 is 22.5 Å². The van der Waals surface area contributed by atoms with Crippen molar-refractivity contribution in [3.8, 4) is 0 Å². The van der Waals surface area contributed by atoms with Crippen LogP contribution in [0.15, 0.2) is 54.7 Å². The van der Waals surface area contributed by atoms with Crippen LogP contribution < -0.4 is 5.32 Å². The number of aromatic amines is 1. The van der Waals surface area contributed by atoms with Crippen LogP contribution in [0.4, 0.5) is 5.69 Å². The van der Waals surface area contributed by atoms with E-state index < -0.39 is 4.92 Å². The van der Waals surface area contributed by atoms with Crippen molar-refractivity contribution in [3.63, 3.8) is 0 Å². The Hall–Kier alpha value is -3.15. The molecule has 0 spiro atoms. The number of rotatable bonds is 10. The van der Waals surface area contributed by atoms with Gasteiger partial charge in [-0.2, -0.15) is 0 Å². The van der Waals surface area contributed by atoms with E-state index in [0.717, 1.165) is 41.3 Å². The molecule has 1 heterocycles. The maximum absolute atomic E-state index is 12.7. The number of fused-ring (bicyclic) bond motifs is 1. The zero-order valence-corrected chi connectivity index (χ0v) is 16.7. The first-order valence-electron chi connectivity index (χ1n) is 10.2. The fraction of sp³-hybridized carbons (Fsp3) is 0.348. The highest BCUT2D eigenvalue weighted by molar-refractivity contribution is 5.86. The molecule has 29 heavy (non-hydrogen) atoms. The molecule has 1 atom stereocenters. The molecule has 3 rings (SSSR count). The summed E-state index contributed by atoms with van der Waals surface area (Å²) in [4.78, 5) is 26.7. The number of nitrogens with one attached hydrogen (secondary N) is 2. The summed E-state index contributed by atoms with van der Waals surface area (Å²) in [6, 6.07) is 14.5. The number of benzene rings is 2. The third-order valence-electron chi connectivity index (χ3n) is 5.22. The molecule has 0 bridgehead atoms. The largest absolute Gasteiger partial charge is 0.361 e. The van der Waals surface area contributed by atoms with Crippen LogP contribution in [-0.4, -0.2) is 22.4 Å². The number of aromatic nitrogens is 1. The lowest BCUT2D eigenvalue weighted by Gasteiger charge is -2.17. The predicted molar refractivity (Wildman–Crippen MR) is 115 cm³/mol. The molecule has 2 N–H and O–H groups in total. The van der Waals surface area contributed by atoms with Gasteiger partial charge in [-0.1, -0.05) is 56.5 Å². The minimum absolute atomic E-state index is 0.0346. The molecule has 0 aliphatic heterocycles. The van der Waals surface area contributed by atoms with Crippen LogP contribution in [-0.2, 0) is 4.79 Å². The summed E-state index contributed by atoms with van der Waals surface area (Å²) in [5.41, 5.74) is 2.76. The van der Waals surface area contributed by atoms with E-state index in [-0.39, 0.29) is 23.9 Å². The van der Waals surface area contributed by atoms with Gasteiger partial charge in [0.1, 0.15) is 0 Å². The zero-order valence-electron chi connectivity index (χ0n) is 16.7. The molecule has 2 aromatic carbocycles. The van der Waals surface area contributed by atoms with E-state index in [1.165, 1.54) is 12.5 Å².